The summed E-state index contributed by atoms with van der Waals surface area (Å²) in [6, 6.07) is 55.1. The van der Waals surface area contributed by atoms with E-state index in [2.05, 4.69) is 138 Å². The molecule has 0 amide bonds. The van der Waals surface area contributed by atoms with E-state index in [9.17, 15) is 0 Å². The van der Waals surface area contributed by atoms with Gasteiger partial charge >= 0.3 is 6.92 Å². The Balaban J connectivity index is 1.05. The van der Waals surface area contributed by atoms with E-state index in [0.29, 0.717) is 0 Å². The molecular weight excluding hydrogens is 665 g/mol. The van der Waals surface area contributed by atoms with E-state index in [1.165, 1.54) is 10.8 Å². The van der Waals surface area contributed by atoms with Gasteiger partial charge in [0, 0.05) is 54.4 Å². The summed E-state index contributed by atoms with van der Waals surface area (Å²) in [6.45, 7) is -0.344. The van der Waals surface area contributed by atoms with E-state index in [1.807, 2.05) is 24.3 Å². The molecule has 250 valence electrons. The Morgan fingerprint density at radius 2 is 1.11 bits per heavy atom. The number of fused-ring (bicyclic) bond motifs is 13. The first-order valence-electron chi connectivity index (χ1n) is 18.3. The molecule has 0 spiro atoms. The molecule has 13 rings (SSSR count). The molecule has 54 heavy (non-hydrogen) atoms. The molecule has 0 radical (unpaired) electrons. The van der Waals surface area contributed by atoms with Crippen molar-refractivity contribution in [2.45, 2.75) is 0 Å². The molecular formula is C48H26BNO4. The van der Waals surface area contributed by atoms with Gasteiger partial charge < -0.3 is 22.8 Å². The number of ether oxygens (including phenoxy) is 1. The molecule has 2 aliphatic rings. The number of rotatable bonds is 2. The van der Waals surface area contributed by atoms with Crippen LogP contribution in [0.3, 0.4) is 0 Å². The summed E-state index contributed by atoms with van der Waals surface area (Å²) in [5, 5.41) is 6.60. The van der Waals surface area contributed by atoms with Crippen LogP contribution in [0.25, 0.3) is 93.6 Å². The lowest BCUT2D eigenvalue weighted by molar-refractivity contribution is 0.478. The smallest absolute Gasteiger partial charge is 0.434 e. The first-order valence-corrected chi connectivity index (χ1v) is 18.3. The zero-order valence-electron chi connectivity index (χ0n) is 28.7. The largest absolute Gasteiger partial charge is 0.551 e. The maximum absolute atomic E-state index is 7.16. The van der Waals surface area contributed by atoms with Gasteiger partial charge in [-0.05, 0) is 65.7 Å². The topological polar surface area (TPSA) is 49.7 Å². The number of hydrogen-bond donors (Lipinski definition) is 0. The molecule has 0 bridgehead atoms. The standard InChI is InChI=1S/C48H26BNO4/c1-5-18-38-29(11-1)30-12-2-6-19-39(30)50(38)40-20-10-17-37-48(40)53-45-24-27(23-36-32-14-4-8-22-42(32)54-49(37)46(36)45)28-15-9-16-33-35-26-43-34(25-44(35)52-47(28)33)31-13-3-7-21-41(31)51-43/h1-26H. The fourth-order valence-electron chi connectivity index (χ4n) is 9.13. The fourth-order valence-corrected chi connectivity index (χ4v) is 9.13. The highest BCUT2D eigenvalue weighted by Gasteiger charge is 2.42. The van der Waals surface area contributed by atoms with Crippen molar-refractivity contribution in [2.75, 3.05) is 0 Å². The number of hydrogen-bond acceptors (Lipinski definition) is 4. The van der Waals surface area contributed by atoms with E-state index in [4.69, 9.17) is 18.2 Å². The number of para-hydroxylation sites is 6. The Kier molecular flexibility index (Phi) is 5.39. The third-order valence-electron chi connectivity index (χ3n) is 11.5. The van der Waals surface area contributed by atoms with Crippen LogP contribution >= 0.6 is 0 Å². The minimum Gasteiger partial charge on any atom is -0.551 e. The maximum atomic E-state index is 7.16. The quantitative estimate of drug-likeness (QED) is 0.169. The van der Waals surface area contributed by atoms with Gasteiger partial charge in [-0.1, -0.05) is 103 Å². The van der Waals surface area contributed by atoms with Crippen LogP contribution in [0, 0.1) is 0 Å². The molecule has 6 heteroatoms. The van der Waals surface area contributed by atoms with Crippen LogP contribution in [-0.2, 0) is 0 Å². The first kappa shape index (κ1) is 28.4. The summed E-state index contributed by atoms with van der Waals surface area (Å²) >= 11 is 0. The molecule has 0 saturated carbocycles. The molecule has 0 aliphatic carbocycles. The SMILES string of the molecule is c1ccc2c(c1)OB1c3cccc(-n4c5ccccc5c5ccccc54)c3Oc3cc(-c4cccc5c4oc4cc6c(cc45)oc4ccccc46)cc-2c31. The molecule has 0 atom stereocenters. The average Bonchev–Trinajstić information content (AvgIpc) is 3.89. The summed E-state index contributed by atoms with van der Waals surface area (Å²) in [5.74, 6) is 2.42. The third kappa shape index (κ3) is 3.69. The molecule has 0 unspecified atom stereocenters. The predicted octanol–water partition coefficient (Wildman–Crippen LogP) is 11.5. The molecule has 2 aliphatic heterocycles. The molecule has 0 fully saturated rings. The van der Waals surface area contributed by atoms with Crippen LogP contribution in [0.4, 0.5) is 0 Å². The minimum atomic E-state index is -0.344. The van der Waals surface area contributed by atoms with E-state index >= 15 is 0 Å². The normalized spacial score (nSPS) is 13.1. The van der Waals surface area contributed by atoms with Gasteiger partial charge in [0.1, 0.15) is 39.6 Å². The highest BCUT2D eigenvalue weighted by Crippen LogP contribution is 2.46. The Morgan fingerprint density at radius 1 is 0.444 bits per heavy atom. The molecule has 3 aromatic heterocycles. The number of aromatic nitrogens is 1. The van der Waals surface area contributed by atoms with Crippen molar-refractivity contribution in [2.24, 2.45) is 0 Å². The van der Waals surface area contributed by atoms with Crippen LogP contribution in [0.1, 0.15) is 0 Å². The Morgan fingerprint density at radius 3 is 1.96 bits per heavy atom. The van der Waals surface area contributed by atoms with Crippen molar-refractivity contribution in [3.63, 3.8) is 0 Å². The van der Waals surface area contributed by atoms with Crippen molar-refractivity contribution in [3.05, 3.63) is 158 Å². The molecule has 0 N–H and O–H groups in total. The lowest BCUT2D eigenvalue weighted by Crippen LogP contribution is -2.53. The van der Waals surface area contributed by atoms with Gasteiger partial charge in [-0.15, -0.1) is 0 Å². The second-order valence-corrected chi connectivity index (χ2v) is 14.3. The molecule has 0 saturated heterocycles. The van der Waals surface area contributed by atoms with Gasteiger partial charge in [0.25, 0.3) is 0 Å². The second-order valence-electron chi connectivity index (χ2n) is 14.3. The highest BCUT2D eigenvalue weighted by atomic mass is 16.5. The minimum absolute atomic E-state index is 0.344. The number of nitrogens with zero attached hydrogens (tertiary/aromatic N) is 1. The molecule has 5 nitrogen and oxygen atoms in total. The van der Waals surface area contributed by atoms with Gasteiger partial charge in [-0.25, -0.2) is 0 Å². The number of benzene rings is 8. The Labute approximate surface area is 308 Å². The lowest BCUT2D eigenvalue weighted by atomic mass is 9.50. The van der Waals surface area contributed by atoms with Crippen LogP contribution in [0.2, 0.25) is 0 Å². The van der Waals surface area contributed by atoms with Gasteiger partial charge in [-0.2, -0.15) is 0 Å². The Hall–Kier alpha value is -7.18. The average molecular weight is 692 g/mol. The molecule has 5 heterocycles. The van der Waals surface area contributed by atoms with E-state index in [-0.39, 0.29) is 6.92 Å². The monoisotopic (exact) mass is 691 g/mol. The second kappa shape index (κ2) is 10.2. The zero-order valence-corrected chi connectivity index (χ0v) is 28.7. The summed E-state index contributed by atoms with van der Waals surface area (Å²) in [4.78, 5) is 0. The lowest BCUT2D eigenvalue weighted by Gasteiger charge is -2.34. The summed E-state index contributed by atoms with van der Waals surface area (Å²) < 4.78 is 29.5. The van der Waals surface area contributed by atoms with Crippen LogP contribution in [0.15, 0.2) is 167 Å². The zero-order chi connectivity index (χ0) is 35.1. The first-order chi connectivity index (χ1) is 26.8. The number of furan rings is 2. The fraction of sp³-hybridized carbons (Fsp3) is 0. The van der Waals surface area contributed by atoms with E-state index in [1.54, 1.807) is 0 Å². The van der Waals surface area contributed by atoms with Crippen molar-refractivity contribution in [3.8, 4) is 45.2 Å². The van der Waals surface area contributed by atoms with Gasteiger partial charge in [0.15, 0.2) is 0 Å². The van der Waals surface area contributed by atoms with Crippen LogP contribution in [0.5, 0.6) is 17.2 Å². The predicted molar refractivity (Wildman–Crippen MR) is 218 cm³/mol. The highest BCUT2D eigenvalue weighted by molar-refractivity contribution is 6.84. The van der Waals surface area contributed by atoms with Crippen molar-refractivity contribution < 1.29 is 18.2 Å². The van der Waals surface area contributed by atoms with Gasteiger partial charge in [0.05, 0.1) is 16.7 Å². The van der Waals surface area contributed by atoms with Crippen molar-refractivity contribution in [1.82, 2.24) is 4.57 Å². The molecule has 11 aromatic rings. The summed E-state index contributed by atoms with van der Waals surface area (Å²) in [6.07, 6.45) is 0. The van der Waals surface area contributed by atoms with Crippen LogP contribution in [-0.4, -0.2) is 11.5 Å². The van der Waals surface area contributed by atoms with Gasteiger partial charge in [-0.3, -0.25) is 0 Å². The van der Waals surface area contributed by atoms with Crippen LogP contribution < -0.4 is 20.3 Å². The summed E-state index contributed by atoms with van der Waals surface area (Å²) in [5.41, 5.74) is 12.8. The van der Waals surface area contributed by atoms with E-state index in [0.717, 1.165) is 111 Å². The van der Waals surface area contributed by atoms with Crippen molar-refractivity contribution >= 4 is 83.5 Å². The van der Waals surface area contributed by atoms with Crippen molar-refractivity contribution in [1.29, 1.82) is 0 Å². The molecule has 8 aromatic carbocycles. The van der Waals surface area contributed by atoms with Gasteiger partial charge in [0.2, 0.25) is 0 Å². The Bertz CT molecular complexity index is 3370. The summed E-state index contributed by atoms with van der Waals surface area (Å²) in [7, 11) is 0. The van der Waals surface area contributed by atoms with E-state index < -0.39 is 0 Å². The third-order valence-corrected chi connectivity index (χ3v) is 11.5. The maximum Gasteiger partial charge on any atom is 0.434 e.